The van der Waals surface area contributed by atoms with Crippen molar-refractivity contribution in [1.29, 1.82) is 5.26 Å². The van der Waals surface area contributed by atoms with Crippen molar-refractivity contribution in [3.8, 4) is 11.8 Å². The fraction of sp³-hybridized carbons (Fsp3) is 0.200. The average molecular weight is 335 g/mol. The first kappa shape index (κ1) is 18.1. The number of carbonyl (C=O) groups is 1. The van der Waals surface area contributed by atoms with Crippen LogP contribution in [0.1, 0.15) is 25.3 Å². The second-order valence-electron chi connectivity index (χ2n) is 5.62. The number of aryl methyl sites for hydroxylation is 1. The van der Waals surface area contributed by atoms with Gasteiger partial charge in [0.05, 0.1) is 0 Å². The zero-order valence-electron chi connectivity index (χ0n) is 14.1. The number of carbonyl (C=O) groups excluding carboxylic acids is 1. The number of benzene rings is 2. The zero-order chi connectivity index (χ0) is 18.1. The SMILES string of the molecule is CCCCc1ccc(N/C=C(/C#N)C(=O)Nc2ccc(O)cc2)cc1. The Morgan fingerprint density at radius 3 is 2.36 bits per heavy atom. The van der Waals surface area contributed by atoms with E-state index in [1.165, 1.54) is 23.9 Å². The Morgan fingerprint density at radius 2 is 1.76 bits per heavy atom. The van der Waals surface area contributed by atoms with Gasteiger partial charge >= 0.3 is 0 Å². The smallest absolute Gasteiger partial charge is 0.267 e. The summed E-state index contributed by atoms with van der Waals surface area (Å²) in [5, 5.41) is 24.0. The second-order valence-corrected chi connectivity index (χ2v) is 5.62. The fourth-order valence-electron chi connectivity index (χ4n) is 2.20. The number of aromatic hydroxyl groups is 1. The van der Waals surface area contributed by atoms with Crippen molar-refractivity contribution >= 4 is 17.3 Å². The maximum atomic E-state index is 12.1. The summed E-state index contributed by atoms with van der Waals surface area (Å²) < 4.78 is 0. The topological polar surface area (TPSA) is 85.2 Å². The normalized spacial score (nSPS) is 10.8. The van der Waals surface area contributed by atoms with E-state index in [-0.39, 0.29) is 11.3 Å². The number of amides is 1. The van der Waals surface area contributed by atoms with Crippen molar-refractivity contribution in [2.75, 3.05) is 10.6 Å². The number of nitriles is 1. The summed E-state index contributed by atoms with van der Waals surface area (Å²) in [6.45, 7) is 2.16. The molecule has 0 atom stereocenters. The molecule has 0 saturated carbocycles. The number of nitrogens with zero attached hydrogens (tertiary/aromatic N) is 1. The summed E-state index contributed by atoms with van der Waals surface area (Å²) >= 11 is 0. The summed E-state index contributed by atoms with van der Waals surface area (Å²) in [5.41, 5.74) is 2.54. The van der Waals surface area contributed by atoms with E-state index in [9.17, 15) is 15.2 Å². The van der Waals surface area contributed by atoms with Crippen molar-refractivity contribution < 1.29 is 9.90 Å². The number of phenolic OH excluding ortho intramolecular Hbond substituents is 1. The van der Waals surface area contributed by atoms with E-state index < -0.39 is 5.91 Å². The molecule has 0 fully saturated rings. The number of hydrogen-bond acceptors (Lipinski definition) is 4. The van der Waals surface area contributed by atoms with Gasteiger partial charge in [-0.25, -0.2) is 0 Å². The average Bonchev–Trinajstić information content (AvgIpc) is 2.63. The second kappa shape index (κ2) is 9.14. The lowest BCUT2D eigenvalue weighted by Crippen LogP contribution is -2.14. The van der Waals surface area contributed by atoms with Crippen LogP contribution in [0, 0.1) is 11.3 Å². The van der Waals surface area contributed by atoms with Gasteiger partial charge in [-0.2, -0.15) is 5.26 Å². The number of phenols is 1. The van der Waals surface area contributed by atoms with E-state index in [1.54, 1.807) is 12.1 Å². The molecule has 0 heterocycles. The lowest BCUT2D eigenvalue weighted by molar-refractivity contribution is -0.112. The number of unbranched alkanes of at least 4 members (excludes halogenated alkanes) is 1. The molecule has 1 amide bonds. The summed E-state index contributed by atoms with van der Waals surface area (Å²) in [6.07, 6.45) is 4.75. The molecule has 0 aromatic heterocycles. The minimum atomic E-state index is -0.514. The molecule has 5 nitrogen and oxygen atoms in total. The Labute approximate surface area is 147 Å². The number of anilines is 2. The Morgan fingerprint density at radius 1 is 1.12 bits per heavy atom. The third-order valence-corrected chi connectivity index (χ3v) is 3.65. The van der Waals surface area contributed by atoms with Crippen LogP contribution in [0.5, 0.6) is 5.75 Å². The highest BCUT2D eigenvalue weighted by atomic mass is 16.3. The van der Waals surface area contributed by atoms with Crippen molar-refractivity contribution in [3.05, 3.63) is 65.9 Å². The van der Waals surface area contributed by atoms with Gasteiger partial charge in [0.1, 0.15) is 17.4 Å². The molecule has 2 aromatic carbocycles. The van der Waals surface area contributed by atoms with Crippen LogP contribution in [0.4, 0.5) is 11.4 Å². The minimum Gasteiger partial charge on any atom is -0.508 e. The molecule has 0 aliphatic rings. The van der Waals surface area contributed by atoms with Crippen molar-refractivity contribution in [3.63, 3.8) is 0 Å². The van der Waals surface area contributed by atoms with Crippen molar-refractivity contribution in [2.24, 2.45) is 0 Å². The van der Waals surface area contributed by atoms with Crippen LogP contribution < -0.4 is 10.6 Å². The monoisotopic (exact) mass is 335 g/mol. The van der Waals surface area contributed by atoms with E-state index in [2.05, 4.69) is 17.6 Å². The van der Waals surface area contributed by atoms with Gasteiger partial charge in [-0.15, -0.1) is 0 Å². The first-order valence-corrected chi connectivity index (χ1v) is 8.18. The Balaban J connectivity index is 1.98. The van der Waals surface area contributed by atoms with Crippen LogP contribution in [0.15, 0.2) is 60.3 Å². The zero-order valence-corrected chi connectivity index (χ0v) is 14.1. The summed E-state index contributed by atoms with van der Waals surface area (Å²) in [7, 11) is 0. The van der Waals surface area contributed by atoms with E-state index in [0.717, 1.165) is 24.9 Å². The molecule has 2 aromatic rings. The molecule has 0 radical (unpaired) electrons. The van der Waals surface area contributed by atoms with Gasteiger partial charge in [-0.1, -0.05) is 25.5 Å². The molecule has 0 spiro atoms. The quantitative estimate of drug-likeness (QED) is 0.402. The lowest BCUT2D eigenvalue weighted by atomic mass is 10.1. The van der Waals surface area contributed by atoms with Crippen LogP contribution in [-0.2, 0) is 11.2 Å². The predicted octanol–water partition coefficient (Wildman–Crippen LogP) is 4.19. The highest BCUT2D eigenvalue weighted by Gasteiger charge is 2.09. The fourth-order valence-corrected chi connectivity index (χ4v) is 2.20. The molecule has 0 saturated heterocycles. The van der Waals surface area contributed by atoms with Crippen molar-refractivity contribution in [1.82, 2.24) is 0 Å². The van der Waals surface area contributed by atoms with Crippen molar-refractivity contribution in [2.45, 2.75) is 26.2 Å². The molecule has 2 rings (SSSR count). The summed E-state index contributed by atoms with van der Waals surface area (Å²) in [5.74, 6) is -0.404. The molecular weight excluding hydrogens is 314 g/mol. The standard InChI is InChI=1S/C20H21N3O2/c1-2-3-4-15-5-7-17(8-6-15)22-14-16(13-21)20(25)23-18-9-11-19(24)12-10-18/h5-12,14,22,24H,2-4H2,1H3,(H,23,25)/b16-14-. The van der Waals surface area contributed by atoms with Gasteiger partial charge < -0.3 is 15.7 Å². The Bertz CT molecular complexity index is 772. The van der Waals surface area contributed by atoms with Crippen LogP contribution in [0.25, 0.3) is 0 Å². The Hall–Kier alpha value is -3.26. The number of hydrogen-bond donors (Lipinski definition) is 3. The van der Waals surface area contributed by atoms with Crippen LogP contribution in [0.3, 0.4) is 0 Å². The number of nitrogens with one attached hydrogen (secondary N) is 2. The highest BCUT2D eigenvalue weighted by Crippen LogP contribution is 2.15. The molecular formula is C20H21N3O2. The first-order chi connectivity index (χ1) is 12.1. The van der Waals surface area contributed by atoms with Crippen LogP contribution in [0.2, 0.25) is 0 Å². The van der Waals surface area contributed by atoms with Gasteiger partial charge in [0.2, 0.25) is 0 Å². The van der Waals surface area contributed by atoms with E-state index >= 15 is 0 Å². The van der Waals surface area contributed by atoms with Gasteiger partial charge in [-0.3, -0.25) is 4.79 Å². The van der Waals surface area contributed by atoms with Gasteiger partial charge in [0.25, 0.3) is 5.91 Å². The summed E-state index contributed by atoms with van der Waals surface area (Å²) in [4.78, 5) is 12.1. The molecule has 5 heteroatoms. The Kier molecular flexibility index (Phi) is 6.61. The molecule has 0 unspecified atom stereocenters. The third kappa shape index (κ3) is 5.70. The molecule has 3 N–H and O–H groups in total. The van der Waals surface area contributed by atoms with Crippen LogP contribution in [-0.4, -0.2) is 11.0 Å². The van der Waals surface area contributed by atoms with E-state index in [4.69, 9.17) is 0 Å². The van der Waals surface area contributed by atoms with Gasteiger partial charge in [-0.05, 0) is 54.8 Å². The summed E-state index contributed by atoms with van der Waals surface area (Å²) in [6, 6.07) is 15.8. The van der Waals surface area contributed by atoms with E-state index in [1.807, 2.05) is 30.3 Å². The highest BCUT2D eigenvalue weighted by molar-refractivity contribution is 6.06. The molecule has 128 valence electrons. The molecule has 25 heavy (non-hydrogen) atoms. The predicted molar refractivity (Wildman–Crippen MR) is 99.1 cm³/mol. The first-order valence-electron chi connectivity index (χ1n) is 8.18. The van der Waals surface area contributed by atoms with E-state index in [0.29, 0.717) is 5.69 Å². The maximum Gasteiger partial charge on any atom is 0.267 e. The molecule has 0 aliphatic heterocycles. The van der Waals surface area contributed by atoms with Gasteiger partial charge in [0.15, 0.2) is 0 Å². The number of rotatable bonds is 7. The minimum absolute atomic E-state index is 0.0388. The third-order valence-electron chi connectivity index (χ3n) is 3.65. The largest absolute Gasteiger partial charge is 0.508 e. The molecule has 0 bridgehead atoms. The lowest BCUT2D eigenvalue weighted by Gasteiger charge is -2.06. The van der Waals surface area contributed by atoms with Gasteiger partial charge in [0, 0.05) is 17.6 Å². The van der Waals surface area contributed by atoms with Crippen LogP contribution >= 0.6 is 0 Å². The maximum absolute atomic E-state index is 12.1. The molecule has 0 aliphatic carbocycles.